The number of imidazole rings is 1. The zero-order valence-corrected chi connectivity index (χ0v) is 12.9. The molecule has 0 bridgehead atoms. The molecule has 0 atom stereocenters. The highest BCUT2D eigenvalue weighted by molar-refractivity contribution is 9.10. The SMILES string of the molecule is CCCCCn1c(Br)nc2c1c(=O)n(C)c(=O)n2C. The molecule has 0 saturated heterocycles. The Balaban J connectivity index is 2.69. The van der Waals surface area contributed by atoms with Gasteiger partial charge in [-0.05, 0) is 22.4 Å². The van der Waals surface area contributed by atoms with Gasteiger partial charge in [0.1, 0.15) is 0 Å². The van der Waals surface area contributed by atoms with Crippen LogP contribution < -0.4 is 11.2 Å². The van der Waals surface area contributed by atoms with Crippen LogP contribution in [0.5, 0.6) is 0 Å². The van der Waals surface area contributed by atoms with Gasteiger partial charge in [0.05, 0.1) is 0 Å². The summed E-state index contributed by atoms with van der Waals surface area (Å²) in [5.41, 5.74) is 0.250. The quantitative estimate of drug-likeness (QED) is 0.629. The number of halogens is 1. The van der Waals surface area contributed by atoms with Crippen molar-refractivity contribution in [1.82, 2.24) is 18.7 Å². The lowest BCUT2D eigenvalue weighted by atomic mass is 10.2. The molecule has 2 aromatic rings. The maximum Gasteiger partial charge on any atom is 0.332 e. The number of rotatable bonds is 4. The minimum atomic E-state index is -0.358. The molecule has 0 aromatic carbocycles. The van der Waals surface area contributed by atoms with Crippen molar-refractivity contribution in [3.63, 3.8) is 0 Å². The zero-order valence-electron chi connectivity index (χ0n) is 11.3. The molecule has 19 heavy (non-hydrogen) atoms. The number of hydrogen-bond acceptors (Lipinski definition) is 3. The molecule has 0 radical (unpaired) electrons. The van der Waals surface area contributed by atoms with Crippen LogP contribution in [0.3, 0.4) is 0 Å². The summed E-state index contributed by atoms with van der Waals surface area (Å²) in [5, 5.41) is 0. The normalized spacial score (nSPS) is 11.4. The molecule has 0 aliphatic rings. The Kier molecular flexibility index (Phi) is 3.93. The summed E-state index contributed by atoms with van der Waals surface area (Å²) >= 11 is 3.37. The first kappa shape index (κ1) is 14.0. The van der Waals surface area contributed by atoms with Crippen molar-refractivity contribution in [2.75, 3.05) is 0 Å². The van der Waals surface area contributed by atoms with E-state index in [-0.39, 0.29) is 11.2 Å². The van der Waals surface area contributed by atoms with Crippen LogP contribution in [0.4, 0.5) is 0 Å². The van der Waals surface area contributed by atoms with E-state index < -0.39 is 0 Å². The Labute approximate surface area is 118 Å². The third-order valence-electron chi connectivity index (χ3n) is 3.29. The van der Waals surface area contributed by atoms with Gasteiger partial charge in [0, 0.05) is 20.6 Å². The molecule has 2 rings (SSSR count). The van der Waals surface area contributed by atoms with E-state index in [4.69, 9.17) is 0 Å². The van der Waals surface area contributed by atoms with Crippen molar-refractivity contribution in [3.8, 4) is 0 Å². The van der Waals surface area contributed by atoms with E-state index in [0.717, 1.165) is 30.4 Å². The lowest BCUT2D eigenvalue weighted by Gasteiger charge is -2.06. The van der Waals surface area contributed by atoms with Crippen LogP contribution in [0, 0.1) is 0 Å². The van der Waals surface area contributed by atoms with Gasteiger partial charge in [-0.3, -0.25) is 13.9 Å². The van der Waals surface area contributed by atoms with Gasteiger partial charge in [-0.25, -0.2) is 9.78 Å². The van der Waals surface area contributed by atoms with E-state index in [0.29, 0.717) is 15.9 Å². The van der Waals surface area contributed by atoms with Crippen LogP contribution in [-0.2, 0) is 20.6 Å². The van der Waals surface area contributed by atoms with Crippen molar-refractivity contribution >= 4 is 27.1 Å². The Bertz CT molecular complexity index is 726. The highest BCUT2D eigenvalue weighted by Crippen LogP contribution is 2.17. The van der Waals surface area contributed by atoms with E-state index >= 15 is 0 Å². The molecule has 2 heterocycles. The van der Waals surface area contributed by atoms with Crippen LogP contribution in [-0.4, -0.2) is 18.7 Å². The topological polar surface area (TPSA) is 61.8 Å². The van der Waals surface area contributed by atoms with Crippen molar-refractivity contribution in [2.45, 2.75) is 32.7 Å². The highest BCUT2D eigenvalue weighted by atomic mass is 79.9. The van der Waals surface area contributed by atoms with Gasteiger partial charge in [-0.2, -0.15) is 0 Å². The maximum atomic E-state index is 12.2. The summed E-state index contributed by atoms with van der Waals surface area (Å²) in [6, 6.07) is 0. The fourth-order valence-electron chi connectivity index (χ4n) is 2.14. The number of nitrogens with zero attached hydrogens (tertiary/aromatic N) is 4. The van der Waals surface area contributed by atoms with Crippen LogP contribution >= 0.6 is 15.9 Å². The van der Waals surface area contributed by atoms with Gasteiger partial charge in [0.15, 0.2) is 15.9 Å². The Morgan fingerprint density at radius 1 is 1.16 bits per heavy atom. The minimum absolute atomic E-state index is 0.298. The highest BCUT2D eigenvalue weighted by Gasteiger charge is 2.17. The molecule has 6 nitrogen and oxygen atoms in total. The number of aryl methyl sites for hydroxylation is 2. The predicted molar refractivity (Wildman–Crippen MR) is 77.4 cm³/mol. The van der Waals surface area contributed by atoms with E-state index in [1.165, 1.54) is 11.6 Å². The number of fused-ring (bicyclic) bond motifs is 1. The third-order valence-corrected chi connectivity index (χ3v) is 3.89. The molecule has 0 aliphatic heterocycles. The monoisotopic (exact) mass is 328 g/mol. The molecule has 2 aromatic heterocycles. The number of unbranched alkanes of at least 4 members (excludes halogenated alkanes) is 2. The number of hydrogen-bond donors (Lipinski definition) is 0. The standard InChI is InChI=1S/C12H17BrN4O2/c1-4-5-6-7-17-8-9(14-11(17)13)15(2)12(19)16(3)10(8)18/h4-7H2,1-3H3. The molecule has 0 N–H and O–H groups in total. The molecule has 0 aliphatic carbocycles. The van der Waals surface area contributed by atoms with E-state index in [1.807, 2.05) is 4.57 Å². The molecular weight excluding hydrogens is 312 g/mol. The lowest BCUT2D eigenvalue weighted by Crippen LogP contribution is -2.37. The first-order valence-electron chi connectivity index (χ1n) is 6.30. The second kappa shape index (κ2) is 5.32. The second-order valence-electron chi connectivity index (χ2n) is 4.62. The molecule has 104 valence electrons. The molecular formula is C12H17BrN4O2. The van der Waals surface area contributed by atoms with Crippen molar-refractivity contribution in [3.05, 3.63) is 25.6 Å². The Morgan fingerprint density at radius 3 is 2.47 bits per heavy atom. The van der Waals surface area contributed by atoms with Crippen molar-refractivity contribution in [1.29, 1.82) is 0 Å². The lowest BCUT2D eigenvalue weighted by molar-refractivity contribution is 0.601. The number of aromatic nitrogens is 4. The largest absolute Gasteiger partial charge is 0.332 e. The van der Waals surface area contributed by atoms with Crippen LogP contribution in [0.1, 0.15) is 26.2 Å². The Hall–Kier alpha value is -1.37. The van der Waals surface area contributed by atoms with Crippen LogP contribution in [0.15, 0.2) is 14.3 Å². The summed E-state index contributed by atoms with van der Waals surface area (Å²) in [7, 11) is 3.11. The van der Waals surface area contributed by atoms with E-state index in [2.05, 4.69) is 27.8 Å². The molecule has 0 spiro atoms. The third kappa shape index (κ3) is 2.27. The van der Waals surface area contributed by atoms with Crippen molar-refractivity contribution in [2.24, 2.45) is 14.1 Å². The molecule has 0 saturated carbocycles. The first-order valence-corrected chi connectivity index (χ1v) is 7.10. The average molecular weight is 329 g/mol. The molecule has 0 unspecified atom stereocenters. The van der Waals surface area contributed by atoms with Gasteiger partial charge >= 0.3 is 5.69 Å². The first-order chi connectivity index (χ1) is 8.99. The van der Waals surface area contributed by atoms with Gasteiger partial charge in [0.2, 0.25) is 0 Å². The fraction of sp³-hybridized carbons (Fsp3) is 0.583. The molecule has 7 heteroatoms. The molecule has 0 fully saturated rings. The molecule has 0 amide bonds. The van der Waals surface area contributed by atoms with E-state index in [1.54, 1.807) is 7.05 Å². The van der Waals surface area contributed by atoms with Crippen molar-refractivity contribution < 1.29 is 0 Å². The average Bonchev–Trinajstić information content (AvgIpc) is 2.72. The zero-order chi connectivity index (χ0) is 14.2. The smallest absolute Gasteiger partial charge is 0.313 e. The Morgan fingerprint density at radius 2 is 1.84 bits per heavy atom. The summed E-state index contributed by atoms with van der Waals surface area (Å²) in [4.78, 5) is 28.4. The fourth-order valence-corrected chi connectivity index (χ4v) is 2.67. The summed E-state index contributed by atoms with van der Waals surface area (Å²) in [6.45, 7) is 2.85. The van der Waals surface area contributed by atoms with Crippen LogP contribution in [0.25, 0.3) is 11.2 Å². The summed E-state index contributed by atoms with van der Waals surface area (Å²) in [5.74, 6) is 0. The maximum absolute atomic E-state index is 12.2. The van der Waals surface area contributed by atoms with E-state index in [9.17, 15) is 9.59 Å². The van der Waals surface area contributed by atoms with Gasteiger partial charge in [-0.15, -0.1) is 0 Å². The second-order valence-corrected chi connectivity index (χ2v) is 5.33. The minimum Gasteiger partial charge on any atom is -0.313 e. The van der Waals surface area contributed by atoms with Gasteiger partial charge < -0.3 is 4.57 Å². The van der Waals surface area contributed by atoms with Gasteiger partial charge in [0.25, 0.3) is 5.56 Å². The van der Waals surface area contributed by atoms with Crippen LogP contribution in [0.2, 0.25) is 0 Å². The summed E-state index contributed by atoms with van der Waals surface area (Å²) < 4.78 is 4.95. The van der Waals surface area contributed by atoms with Gasteiger partial charge in [-0.1, -0.05) is 19.8 Å². The summed E-state index contributed by atoms with van der Waals surface area (Å²) in [6.07, 6.45) is 3.19. The predicted octanol–water partition coefficient (Wildman–Crippen LogP) is 1.39.